The van der Waals surface area contributed by atoms with Gasteiger partial charge in [-0.05, 0) is 30.0 Å². The summed E-state index contributed by atoms with van der Waals surface area (Å²) in [4.78, 5) is 0. The second-order valence-corrected chi connectivity index (χ2v) is 6.96. The highest BCUT2D eigenvalue weighted by Gasteiger charge is 2.16. The van der Waals surface area contributed by atoms with E-state index in [2.05, 4.69) is 10.0 Å². The molecule has 0 aliphatic rings. The summed E-state index contributed by atoms with van der Waals surface area (Å²) in [6.07, 6.45) is 0. The Balaban J connectivity index is 2.74. The fourth-order valence-electron chi connectivity index (χ4n) is 1.14. The smallest absolute Gasteiger partial charge is 0.250 e. The molecule has 92 valence electrons. The van der Waals surface area contributed by atoms with Crippen molar-refractivity contribution in [2.75, 3.05) is 13.6 Å². The summed E-state index contributed by atoms with van der Waals surface area (Å²) in [6, 6.07) is 1.71. The van der Waals surface area contributed by atoms with E-state index in [-0.39, 0.29) is 0 Å². The Morgan fingerprint density at radius 1 is 1.44 bits per heavy atom. The van der Waals surface area contributed by atoms with Crippen molar-refractivity contribution in [1.82, 2.24) is 10.0 Å². The minimum absolute atomic E-state index is 0.312. The molecule has 4 nitrogen and oxygen atoms in total. The Bertz CT molecular complexity index is 424. The van der Waals surface area contributed by atoms with Gasteiger partial charge in [-0.3, -0.25) is 0 Å². The molecular formula is C10H18N2O2S2. The lowest BCUT2D eigenvalue weighted by Gasteiger charge is -2.06. The van der Waals surface area contributed by atoms with E-state index < -0.39 is 10.0 Å². The minimum atomic E-state index is -3.31. The first-order chi connectivity index (χ1) is 7.45. The molecular weight excluding hydrogens is 244 g/mol. The molecule has 1 aromatic heterocycles. The van der Waals surface area contributed by atoms with E-state index in [1.54, 1.807) is 6.07 Å². The molecule has 0 atom stereocenters. The fraction of sp³-hybridized carbons (Fsp3) is 0.600. The molecule has 0 saturated heterocycles. The number of hydrogen-bond acceptors (Lipinski definition) is 4. The molecule has 0 radical (unpaired) electrons. The van der Waals surface area contributed by atoms with Gasteiger partial charge in [0.2, 0.25) is 10.0 Å². The average molecular weight is 262 g/mol. The maximum absolute atomic E-state index is 11.8. The second-order valence-electron chi connectivity index (χ2n) is 4.05. The van der Waals surface area contributed by atoms with E-state index >= 15 is 0 Å². The van der Waals surface area contributed by atoms with Crippen LogP contribution in [-0.4, -0.2) is 22.0 Å². The molecule has 6 heteroatoms. The number of rotatable bonds is 6. The monoisotopic (exact) mass is 262 g/mol. The van der Waals surface area contributed by atoms with Gasteiger partial charge in [-0.25, -0.2) is 13.1 Å². The van der Waals surface area contributed by atoms with Crippen LogP contribution in [0.15, 0.2) is 15.7 Å². The molecule has 0 bridgehead atoms. The molecule has 0 fully saturated rings. The predicted molar refractivity (Wildman–Crippen MR) is 67.1 cm³/mol. The van der Waals surface area contributed by atoms with Crippen LogP contribution in [-0.2, 0) is 16.6 Å². The first kappa shape index (κ1) is 13.6. The van der Waals surface area contributed by atoms with E-state index in [1.807, 2.05) is 26.3 Å². The fourth-order valence-corrected chi connectivity index (χ4v) is 3.61. The molecule has 1 heterocycles. The first-order valence-electron chi connectivity index (χ1n) is 5.17. The Morgan fingerprint density at radius 3 is 2.69 bits per heavy atom. The van der Waals surface area contributed by atoms with Gasteiger partial charge in [0, 0.05) is 13.1 Å². The SMILES string of the molecule is CNCc1csc(S(=O)(=O)NCC(C)C)c1. The van der Waals surface area contributed by atoms with Crippen LogP contribution in [0.3, 0.4) is 0 Å². The van der Waals surface area contributed by atoms with Crippen molar-refractivity contribution in [1.29, 1.82) is 0 Å². The van der Waals surface area contributed by atoms with Crippen LogP contribution < -0.4 is 10.0 Å². The predicted octanol–water partition coefficient (Wildman–Crippen LogP) is 1.40. The van der Waals surface area contributed by atoms with Crippen molar-refractivity contribution < 1.29 is 8.42 Å². The summed E-state index contributed by atoms with van der Waals surface area (Å²) >= 11 is 1.26. The van der Waals surface area contributed by atoms with Crippen molar-refractivity contribution in [2.45, 2.75) is 24.6 Å². The number of nitrogens with one attached hydrogen (secondary N) is 2. The standard InChI is InChI=1S/C10H18N2O2S2/c1-8(2)5-12-16(13,14)10-4-9(6-11-3)7-15-10/h4,7-8,11-12H,5-6H2,1-3H3. The van der Waals surface area contributed by atoms with Crippen molar-refractivity contribution in [3.63, 3.8) is 0 Å². The Morgan fingerprint density at radius 2 is 2.12 bits per heavy atom. The maximum Gasteiger partial charge on any atom is 0.250 e. The van der Waals surface area contributed by atoms with Crippen LogP contribution in [0.2, 0.25) is 0 Å². The first-order valence-corrected chi connectivity index (χ1v) is 7.53. The van der Waals surface area contributed by atoms with Gasteiger partial charge in [0.05, 0.1) is 0 Å². The maximum atomic E-state index is 11.8. The van der Waals surface area contributed by atoms with Gasteiger partial charge in [-0.2, -0.15) is 0 Å². The summed E-state index contributed by atoms with van der Waals surface area (Å²) in [6.45, 7) is 5.12. The molecule has 1 rings (SSSR count). The van der Waals surface area contributed by atoms with Crippen molar-refractivity contribution in [2.24, 2.45) is 5.92 Å². The molecule has 0 aliphatic heterocycles. The summed E-state index contributed by atoms with van der Waals surface area (Å²) in [5.74, 6) is 0.312. The molecule has 0 aliphatic carbocycles. The van der Waals surface area contributed by atoms with Crippen LogP contribution in [0.5, 0.6) is 0 Å². The molecule has 1 aromatic rings. The average Bonchev–Trinajstić information content (AvgIpc) is 2.65. The summed E-state index contributed by atoms with van der Waals surface area (Å²) in [7, 11) is -1.48. The summed E-state index contributed by atoms with van der Waals surface area (Å²) in [5.41, 5.74) is 0.998. The van der Waals surface area contributed by atoms with Crippen LogP contribution >= 0.6 is 11.3 Å². The van der Waals surface area contributed by atoms with Gasteiger partial charge < -0.3 is 5.32 Å². The normalized spacial score (nSPS) is 12.2. The minimum Gasteiger partial charge on any atom is -0.316 e. The topological polar surface area (TPSA) is 58.2 Å². The van der Waals surface area contributed by atoms with E-state index in [1.165, 1.54) is 11.3 Å². The van der Waals surface area contributed by atoms with Gasteiger partial charge >= 0.3 is 0 Å². The molecule has 0 spiro atoms. The van der Waals surface area contributed by atoms with E-state index in [0.717, 1.165) is 5.56 Å². The van der Waals surface area contributed by atoms with E-state index in [9.17, 15) is 8.42 Å². The molecule has 0 saturated carbocycles. The quantitative estimate of drug-likeness (QED) is 0.815. The zero-order chi connectivity index (χ0) is 12.2. The third-order valence-electron chi connectivity index (χ3n) is 1.96. The molecule has 2 N–H and O–H groups in total. The number of thiophene rings is 1. The number of sulfonamides is 1. The van der Waals surface area contributed by atoms with Gasteiger partial charge in [0.25, 0.3) is 0 Å². The highest BCUT2D eigenvalue weighted by atomic mass is 32.2. The third-order valence-corrected chi connectivity index (χ3v) is 4.87. The summed E-state index contributed by atoms with van der Waals surface area (Å²) < 4.78 is 26.6. The Kier molecular flexibility index (Phi) is 4.91. The van der Waals surface area contributed by atoms with Crippen LogP contribution in [0, 0.1) is 5.92 Å². The Hall–Kier alpha value is -0.430. The molecule has 0 amide bonds. The summed E-state index contributed by atoms with van der Waals surface area (Å²) in [5, 5.41) is 4.85. The Labute approximate surface area is 101 Å². The van der Waals surface area contributed by atoms with Crippen LogP contribution in [0.25, 0.3) is 0 Å². The lowest BCUT2D eigenvalue weighted by molar-refractivity contribution is 0.562. The second kappa shape index (κ2) is 5.77. The molecule has 0 aromatic carbocycles. The zero-order valence-electron chi connectivity index (χ0n) is 9.78. The van der Waals surface area contributed by atoms with Crippen molar-refractivity contribution in [3.8, 4) is 0 Å². The van der Waals surface area contributed by atoms with E-state index in [4.69, 9.17) is 0 Å². The van der Waals surface area contributed by atoms with Gasteiger partial charge in [-0.15, -0.1) is 11.3 Å². The highest BCUT2D eigenvalue weighted by molar-refractivity contribution is 7.91. The molecule has 16 heavy (non-hydrogen) atoms. The van der Waals surface area contributed by atoms with Gasteiger partial charge in [-0.1, -0.05) is 13.8 Å². The zero-order valence-corrected chi connectivity index (χ0v) is 11.4. The highest BCUT2D eigenvalue weighted by Crippen LogP contribution is 2.19. The van der Waals surface area contributed by atoms with Crippen molar-refractivity contribution in [3.05, 3.63) is 17.0 Å². The number of hydrogen-bond donors (Lipinski definition) is 2. The van der Waals surface area contributed by atoms with Crippen LogP contribution in [0.4, 0.5) is 0 Å². The van der Waals surface area contributed by atoms with Gasteiger partial charge in [0.1, 0.15) is 4.21 Å². The lowest BCUT2D eigenvalue weighted by atomic mass is 10.2. The van der Waals surface area contributed by atoms with E-state index in [0.29, 0.717) is 23.2 Å². The van der Waals surface area contributed by atoms with Gasteiger partial charge in [0.15, 0.2) is 0 Å². The van der Waals surface area contributed by atoms with Crippen LogP contribution in [0.1, 0.15) is 19.4 Å². The van der Waals surface area contributed by atoms with Crippen molar-refractivity contribution >= 4 is 21.4 Å². The lowest BCUT2D eigenvalue weighted by Crippen LogP contribution is -2.26. The molecule has 0 unspecified atom stereocenters. The largest absolute Gasteiger partial charge is 0.316 e. The third kappa shape index (κ3) is 3.86.